The second-order valence-corrected chi connectivity index (χ2v) is 7.04. The van der Waals surface area contributed by atoms with Gasteiger partial charge < -0.3 is 20.1 Å². The maximum Gasteiger partial charge on any atom is 0.373 e. The number of aromatic nitrogens is 2. The molecule has 0 spiro atoms. The Balaban J connectivity index is 2.34. The number of anilines is 1. The van der Waals surface area contributed by atoms with Gasteiger partial charge in [-0.1, -0.05) is 6.07 Å². The molecule has 0 aliphatic carbocycles. The number of amides is 1. The van der Waals surface area contributed by atoms with Gasteiger partial charge in [0.2, 0.25) is 11.7 Å². The predicted octanol–water partition coefficient (Wildman–Crippen LogP) is 2.05. The molecule has 2 N–H and O–H groups in total. The first-order valence-corrected chi connectivity index (χ1v) is 8.48. The Morgan fingerprint density at radius 3 is 2.55 bits per heavy atom. The molecule has 0 fully saturated rings. The molecule has 0 unspecified atom stereocenters. The third-order valence-corrected chi connectivity index (χ3v) is 3.43. The quantitative estimate of drug-likeness (QED) is 0.416. The van der Waals surface area contributed by atoms with E-state index in [1.807, 2.05) is 0 Å². The fourth-order valence-electron chi connectivity index (χ4n) is 2.33. The Morgan fingerprint density at radius 1 is 1.28 bits per heavy atom. The van der Waals surface area contributed by atoms with E-state index in [0.29, 0.717) is 0 Å². The third kappa shape index (κ3) is 5.86. The summed E-state index contributed by atoms with van der Waals surface area (Å²) in [6.45, 7) is 4.87. The smallest absolute Gasteiger partial charge is 0.373 e. The predicted molar refractivity (Wildman–Crippen MR) is 103 cm³/mol. The molecule has 0 atom stereocenters. The van der Waals surface area contributed by atoms with Gasteiger partial charge in [0.05, 0.1) is 4.92 Å². The number of nitrogens with two attached hydrogens (primary N) is 1. The lowest BCUT2D eigenvalue weighted by molar-refractivity contribution is -0.385. The number of primary amides is 1. The summed E-state index contributed by atoms with van der Waals surface area (Å²) in [5.74, 6) is -1.60. The molecule has 1 amide bonds. The number of esters is 1. The minimum Gasteiger partial charge on any atom is -0.459 e. The van der Waals surface area contributed by atoms with Crippen molar-refractivity contribution in [2.24, 2.45) is 5.73 Å². The van der Waals surface area contributed by atoms with Crippen LogP contribution in [-0.2, 0) is 9.53 Å². The number of hydrogen-bond acceptors (Lipinski definition) is 9. The number of carbonyl (C=O) groups excluding carboxylic acids is 2. The number of rotatable bonds is 7. The molecule has 1 aromatic carbocycles. The highest BCUT2D eigenvalue weighted by Gasteiger charge is 2.29. The summed E-state index contributed by atoms with van der Waals surface area (Å²) in [6, 6.07) is 5.81. The van der Waals surface area contributed by atoms with Crippen LogP contribution in [0.15, 0.2) is 30.6 Å². The fraction of sp³-hybridized carbons (Fsp3) is 0.333. The van der Waals surface area contributed by atoms with Gasteiger partial charge in [-0.2, -0.15) is 4.98 Å². The minimum absolute atomic E-state index is 0.128. The summed E-state index contributed by atoms with van der Waals surface area (Å²) in [6.07, 6.45) is 1.07. The second kappa shape index (κ2) is 8.50. The summed E-state index contributed by atoms with van der Waals surface area (Å²) in [4.78, 5) is 43.3. The van der Waals surface area contributed by atoms with Gasteiger partial charge in [0.25, 0.3) is 0 Å². The van der Waals surface area contributed by atoms with Crippen LogP contribution in [0.5, 0.6) is 11.6 Å². The zero-order chi connectivity index (χ0) is 21.8. The second-order valence-electron chi connectivity index (χ2n) is 7.04. The van der Waals surface area contributed by atoms with Crippen molar-refractivity contribution in [3.05, 3.63) is 46.3 Å². The Morgan fingerprint density at radius 2 is 1.97 bits per heavy atom. The zero-order valence-corrected chi connectivity index (χ0v) is 16.4. The maximum absolute atomic E-state index is 12.0. The molecule has 0 saturated carbocycles. The van der Waals surface area contributed by atoms with E-state index in [2.05, 4.69) is 9.97 Å². The van der Waals surface area contributed by atoms with E-state index < -0.39 is 28.1 Å². The standard InChI is InChI=1S/C18H21N5O6/c1-18(2,3)29-13(24)9-22(4)16-14(23(26)27)17(21-10-20-16)28-12-7-5-6-11(8-12)15(19)25/h5-8,10H,9H2,1-4H3,(H2,19,25). The molecule has 0 aliphatic heterocycles. The largest absolute Gasteiger partial charge is 0.459 e. The highest BCUT2D eigenvalue weighted by molar-refractivity contribution is 5.93. The minimum atomic E-state index is -0.714. The van der Waals surface area contributed by atoms with Gasteiger partial charge in [-0.15, -0.1) is 0 Å². The van der Waals surface area contributed by atoms with Crippen molar-refractivity contribution in [2.45, 2.75) is 26.4 Å². The first-order chi connectivity index (χ1) is 13.5. The Labute approximate surface area is 166 Å². The number of ether oxygens (including phenoxy) is 2. The van der Waals surface area contributed by atoms with Crippen molar-refractivity contribution in [2.75, 3.05) is 18.5 Å². The molecule has 154 valence electrons. The monoisotopic (exact) mass is 403 g/mol. The number of nitrogens with zero attached hydrogens (tertiary/aromatic N) is 4. The lowest BCUT2D eigenvalue weighted by atomic mass is 10.2. The summed E-state index contributed by atoms with van der Waals surface area (Å²) >= 11 is 0. The van der Waals surface area contributed by atoms with E-state index in [9.17, 15) is 19.7 Å². The molecule has 2 aromatic rings. The average molecular weight is 403 g/mol. The average Bonchev–Trinajstić information content (AvgIpc) is 2.59. The van der Waals surface area contributed by atoms with Crippen LogP contribution in [0, 0.1) is 10.1 Å². The fourth-order valence-corrected chi connectivity index (χ4v) is 2.33. The van der Waals surface area contributed by atoms with Crippen LogP contribution in [0.1, 0.15) is 31.1 Å². The van der Waals surface area contributed by atoms with Crippen LogP contribution in [0.3, 0.4) is 0 Å². The first kappa shape index (κ1) is 21.5. The van der Waals surface area contributed by atoms with Gasteiger partial charge >= 0.3 is 17.5 Å². The van der Waals surface area contributed by atoms with Crippen LogP contribution < -0.4 is 15.4 Å². The van der Waals surface area contributed by atoms with Gasteiger partial charge in [0, 0.05) is 12.6 Å². The number of nitro groups is 1. The molecule has 1 aromatic heterocycles. The van der Waals surface area contributed by atoms with Crippen molar-refractivity contribution < 1.29 is 24.0 Å². The molecule has 0 radical (unpaired) electrons. The molecule has 0 saturated heterocycles. The van der Waals surface area contributed by atoms with Crippen molar-refractivity contribution >= 4 is 23.4 Å². The molecule has 11 nitrogen and oxygen atoms in total. The van der Waals surface area contributed by atoms with Gasteiger partial charge in [-0.25, -0.2) is 4.98 Å². The Hall–Kier alpha value is -3.76. The molecule has 0 bridgehead atoms. The topological polar surface area (TPSA) is 151 Å². The van der Waals surface area contributed by atoms with Crippen molar-refractivity contribution in [3.63, 3.8) is 0 Å². The number of carbonyl (C=O) groups is 2. The number of likely N-dealkylation sites (N-methyl/N-ethyl adjacent to an activating group) is 1. The normalized spacial score (nSPS) is 10.9. The highest BCUT2D eigenvalue weighted by Crippen LogP contribution is 2.35. The third-order valence-electron chi connectivity index (χ3n) is 3.43. The van der Waals surface area contributed by atoms with E-state index >= 15 is 0 Å². The van der Waals surface area contributed by atoms with Gasteiger partial charge in [-0.3, -0.25) is 19.7 Å². The Bertz CT molecular complexity index is 941. The molecule has 0 aliphatic rings. The molecule has 2 rings (SSSR count). The van der Waals surface area contributed by atoms with E-state index in [1.165, 1.54) is 36.2 Å². The van der Waals surface area contributed by atoms with Crippen LogP contribution in [0.4, 0.5) is 11.5 Å². The maximum atomic E-state index is 12.0. The Kier molecular flexibility index (Phi) is 6.32. The van der Waals surface area contributed by atoms with Crippen LogP contribution in [-0.4, -0.2) is 46.0 Å². The number of hydrogen-bond donors (Lipinski definition) is 1. The van der Waals surface area contributed by atoms with Crippen molar-refractivity contribution in [3.8, 4) is 11.6 Å². The van der Waals surface area contributed by atoms with Gasteiger partial charge in [-0.05, 0) is 39.0 Å². The van der Waals surface area contributed by atoms with E-state index in [4.69, 9.17) is 15.2 Å². The van der Waals surface area contributed by atoms with E-state index in [0.717, 1.165) is 6.33 Å². The van der Waals surface area contributed by atoms with Gasteiger partial charge in [0.1, 0.15) is 24.2 Å². The zero-order valence-electron chi connectivity index (χ0n) is 16.4. The lowest BCUT2D eigenvalue weighted by Crippen LogP contribution is -2.33. The number of benzene rings is 1. The lowest BCUT2D eigenvalue weighted by Gasteiger charge is -2.23. The summed E-state index contributed by atoms with van der Waals surface area (Å²) in [5, 5.41) is 11.7. The molecule has 11 heteroatoms. The molecule has 1 heterocycles. The summed E-state index contributed by atoms with van der Waals surface area (Å²) < 4.78 is 10.7. The van der Waals surface area contributed by atoms with Gasteiger partial charge in [0.15, 0.2) is 0 Å². The van der Waals surface area contributed by atoms with Crippen LogP contribution in [0.2, 0.25) is 0 Å². The summed E-state index contributed by atoms with van der Waals surface area (Å²) in [5.41, 5.74) is 4.16. The summed E-state index contributed by atoms with van der Waals surface area (Å²) in [7, 11) is 1.46. The van der Waals surface area contributed by atoms with E-state index in [-0.39, 0.29) is 29.6 Å². The van der Waals surface area contributed by atoms with Crippen LogP contribution in [0.25, 0.3) is 0 Å². The van der Waals surface area contributed by atoms with Crippen molar-refractivity contribution in [1.82, 2.24) is 9.97 Å². The first-order valence-electron chi connectivity index (χ1n) is 8.48. The molecular weight excluding hydrogens is 382 g/mol. The van der Waals surface area contributed by atoms with Crippen LogP contribution >= 0.6 is 0 Å². The molecule has 29 heavy (non-hydrogen) atoms. The van der Waals surface area contributed by atoms with E-state index in [1.54, 1.807) is 20.8 Å². The SMILES string of the molecule is CN(CC(=O)OC(C)(C)C)c1ncnc(Oc2cccc(C(N)=O)c2)c1[N+](=O)[O-]. The molecular formula is C18H21N5O6. The highest BCUT2D eigenvalue weighted by atomic mass is 16.6. The van der Waals surface area contributed by atoms with Crippen molar-refractivity contribution in [1.29, 1.82) is 0 Å².